The first-order valence-corrected chi connectivity index (χ1v) is 8.22. The van der Waals surface area contributed by atoms with E-state index in [9.17, 15) is 13.6 Å². The summed E-state index contributed by atoms with van der Waals surface area (Å²) in [5.41, 5.74) is 2.14. The van der Waals surface area contributed by atoms with E-state index in [1.54, 1.807) is 24.3 Å². The lowest BCUT2D eigenvalue weighted by Crippen LogP contribution is -2.21. The molecule has 6 heteroatoms. The lowest BCUT2D eigenvalue weighted by molar-refractivity contribution is -0.114. The van der Waals surface area contributed by atoms with E-state index in [-0.39, 0.29) is 30.5 Å². The molecule has 0 aromatic heterocycles. The molecule has 2 aromatic rings. The number of Topliss-reactive ketones (excluding diaryl/α,β-unsaturated/α-hetero) is 1. The van der Waals surface area contributed by atoms with E-state index in [0.717, 1.165) is 0 Å². The highest BCUT2D eigenvalue weighted by Gasteiger charge is 2.21. The van der Waals surface area contributed by atoms with E-state index in [4.69, 9.17) is 14.2 Å². The highest BCUT2D eigenvalue weighted by Crippen LogP contribution is 2.25. The van der Waals surface area contributed by atoms with Crippen LogP contribution in [0.15, 0.2) is 47.5 Å². The van der Waals surface area contributed by atoms with Crippen molar-refractivity contribution < 1.29 is 27.8 Å². The second-order valence-electron chi connectivity index (χ2n) is 5.95. The number of carbonyl (C=O) groups is 1. The van der Waals surface area contributed by atoms with Crippen molar-refractivity contribution in [2.24, 2.45) is 0 Å². The van der Waals surface area contributed by atoms with Crippen LogP contribution >= 0.6 is 0 Å². The Morgan fingerprint density at radius 2 is 1.30 bits per heavy atom. The summed E-state index contributed by atoms with van der Waals surface area (Å²) in [6.45, 7) is 0.311. The van der Waals surface area contributed by atoms with Crippen LogP contribution in [-0.2, 0) is 9.53 Å². The first kappa shape index (κ1) is 18.8. The number of rotatable bonds is 4. The van der Waals surface area contributed by atoms with Gasteiger partial charge in [0.15, 0.2) is 28.9 Å². The van der Waals surface area contributed by atoms with Crippen LogP contribution in [0.5, 0.6) is 11.5 Å². The summed E-state index contributed by atoms with van der Waals surface area (Å²) < 4.78 is 42.5. The molecule has 0 amide bonds. The van der Waals surface area contributed by atoms with Gasteiger partial charge < -0.3 is 14.2 Å². The average molecular weight is 372 g/mol. The molecule has 0 N–H and O–H groups in total. The number of ketones is 1. The van der Waals surface area contributed by atoms with Crippen molar-refractivity contribution >= 4 is 17.9 Å². The van der Waals surface area contributed by atoms with Gasteiger partial charge in [-0.3, -0.25) is 4.79 Å². The second kappa shape index (κ2) is 8.14. The Kier molecular flexibility index (Phi) is 5.66. The van der Waals surface area contributed by atoms with Gasteiger partial charge in [-0.1, -0.05) is 12.1 Å². The number of ether oxygens (including phenoxy) is 3. The van der Waals surface area contributed by atoms with Crippen LogP contribution in [0, 0.1) is 11.6 Å². The molecule has 1 fully saturated rings. The highest BCUT2D eigenvalue weighted by atomic mass is 19.1. The molecule has 0 spiro atoms. The minimum absolute atomic E-state index is 0.0997. The molecule has 0 bridgehead atoms. The molecule has 0 aliphatic carbocycles. The van der Waals surface area contributed by atoms with Crippen molar-refractivity contribution in [2.75, 3.05) is 27.4 Å². The predicted molar refractivity (Wildman–Crippen MR) is 97.7 cm³/mol. The Hall–Kier alpha value is -2.99. The third-order valence-electron chi connectivity index (χ3n) is 4.13. The molecular formula is C21H18F2O4. The molecule has 4 nitrogen and oxygen atoms in total. The van der Waals surface area contributed by atoms with E-state index >= 15 is 0 Å². The maximum atomic E-state index is 13.5. The Labute approximate surface area is 155 Å². The van der Waals surface area contributed by atoms with E-state index in [2.05, 4.69) is 0 Å². The smallest absolute Gasteiger partial charge is 0.189 e. The Bertz CT molecular complexity index is 858. The third kappa shape index (κ3) is 4.23. The van der Waals surface area contributed by atoms with Gasteiger partial charge in [-0.05, 0) is 47.5 Å². The molecule has 0 atom stereocenters. The average Bonchev–Trinajstić information content (AvgIpc) is 2.67. The molecule has 3 rings (SSSR count). The van der Waals surface area contributed by atoms with Crippen molar-refractivity contribution in [3.8, 4) is 11.5 Å². The van der Waals surface area contributed by atoms with Crippen LogP contribution in [0.1, 0.15) is 11.1 Å². The van der Waals surface area contributed by atoms with Gasteiger partial charge in [0.25, 0.3) is 0 Å². The highest BCUT2D eigenvalue weighted by molar-refractivity contribution is 6.14. The number of hydrogen-bond acceptors (Lipinski definition) is 4. The molecule has 0 unspecified atom stereocenters. The fraction of sp³-hybridized carbons (Fsp3) is 0.190. The van der Waals surface area contributed by atoms with Crippen LogP contribution in [-0.4, -0.2) is 33.2 Å². The third-order valence-corrected chi connectivity index (χ3v) is 4.13. The van der Waals surface area contributed by atoms with Crippen LogP contribution in [0.2, 0.25) is 0 Å². The maximum absolute atomic E-state index is 13.5. The summed E-state index contributed by atoms with van der Waals surface area (Å²) in [6.07, 6.45) is 3.28. The summed E-state index contributed by atoms with van der Waals surface area (Å²) in [6, 6.07) is 8.70. The van der Waals surface area contributed by atoms with Gasteiger partial charge in [0, 0.05) is 11.1 Å². The topological polar surface area (TPSA) is 44.8 Å². The summed E-state index contributed by atoms with van der Waals surface area (Å²) in [5, 5.41) is 0. The lowest BCUT2D eigenvalue weighted by Gasteiger charge is -2.17. The molecule has 1 aliphatic rings. The van der Waals surface area contributed by atoms with E-state index in [0.29, 0.717) is 22.3 Å². The van der Waals surface area contributed by atoms with E-state index < -0.39 is 11.6 Å². The number of benzene rings is 2. The molecule has 0 saturated carbocycles. The Morgan fingerprint density at radius 1 is 0.852 bits per heavy atom. The first-order chi connectivity index (χ1) is 13.0. The maximum Gasteiger partial charge on any atom is 0.189 e. The fourth-order valence-corrected chi connectivity index (χ4v) is 2.76. The zero-order valence-electron chi connectivity index (χ0n) is 14.9. The largest absolute Gasteiger partial charge is 0.494 e. The number of methoxy groups -OCH3 is 2. The molecule has 1 heterocycles. The summed E-state index contributed by atoms with van der Waals surface area (Å²) in [4.78, 5) is 12.7. The monoisotopic (exact) mass is 372 g/mol. The van der Waals surface area contributed by atoms with Gasteiger partial charge in [-0.2, -0.15) is 0 Å². The van der Waals surface area contributed by atoms with Crippen molar-refractivity contribution in [3.05, 3.63) is 70.3 Å². The van der Waals surface area contributed by atoms with Crippen molar-refractivity contribution in [1.29, 1.82) is 0 Å². The summed E-state index contributed by atoms with van der Waals surface area (Å²) in [5.74, 6) is -0.924. The van der Waals surface area contributed by atoms with Crippen molar-refractivity contribution in [1.82, 2.24) is 0 Å². The predicted octanol–water partition coefficient (Wildman–Crippen LogP) is 4.05. The second-order valence-corrected chi connectivity index (χ2v) is 5.95. The minimum atomic E-state index is -0.475. The molecule has 2 aromatic carbocycles. The van der Waals surface area contributed by atoms with Crippen LogP contribution < -0.4 is 9.47 Å². The van der Waals surface area contributed by atoms with Gasteiger partial charge in [0.05, 0.1) is 27.4 Å². The quantitative estimate of drug-likeness (QED) is 0.760. The standard InChI is InChI=1S/C21H18F2O4/c1-25-19-9-13(3-5-17(19)22)7-15-11-27-12-16(21(15)24)8-14-4-6-18(23)20(10-14)26-2/h3-10H,11-12H2,1-2H3. The van der Waals surface area contributed by atoms with Gasteiger partial charge in [0.2, 0.25) is 0 Å². The van der Waals surface area contributed by atoms with Crippen molar-refractivity contribution in [3.63, 3.8) is 0 Å². The fourth-order valence-electron chi connectivity index (χ4n) is 2.76. The molecule has 27 heavy (non-hydrogen) atoms. The summed E-state index contributed by atoms with van der Waals surface area (Å²) >= 11 is 0. The number of carbonyl (C=O) groups excluding carboxylic acids is 1. The molecular weight excluding hydrogens is 354 g/mol. The number of halogens is 2. The number of hydrogen-bond donors (Lipinski definition) is 0. The van der Waals surface area contributed by atoms with Crippen LogP contribution in [0.25, 0.3) is 12.2 Å². The SMILES string of the molecule is COc1cc(C=C2COCC(=Cc3ccc(F)c(OC)c3)C2=O)ccc1F. The van der Waals surface area contributed by atoms with Gasteiger partial charge in [-0.15, -0.1) is 0 Å². The lowest BCUT2D eigenvalue weighted by atomic mass is 9.97. The van der Waals surface area contributed by atoms with Crippen LogP contribution in [0.4, 0.5) is 8.78 Å². The van der Waals surface area contributed by atoms with Gasteiger partial charge >= 0.3 is 0 Å². The normalized spacial score (nSPS) is 17.4. The Morgan fingerprint density at radius 3 is 1.70 bits per heavy atom. The molecule has 140 valence electrons. The minimum Gasteiger partial charge on any atom is -0.494 e. The molecule has 0 radical (unpaired) electrons. The van der Waals surface area contributed by atoms with Gasteiger partial charge in [-0.25, -0.2) is 8.78 Å². The Balaban J connectivity index is 1.89. The first-order valence-electron chi connectivity index (χ1n) is 8.22. The van der Waals surface area contributed by atoms with E-state index in [1.165, 1.54) is 38.5 Å². The van der Waals surface area contributed by atoms with E-state index in [1.807, 2.05) is 0 Å². The van der Waals surface area contributed by atoms with Crippen molar-refractivity contribution in [2.45, 2.75) is 0 Å². The van der Waals surface area contributed by atoms with Gasteiger partial charge in [0.1, 0.15) is 0 Å². The zero-order valence-corrected chi connectivity index (χ0v) is 14.9. The molecule has 1 aliphatic heterocycles. The molecule has 1 saturated heterocycles. The summed E-state index contributed by atoms with van der Waals surface area (Å²) in [7, 11) is 2.75. The zero-order chi connectivity index (χ0) is 19.4. The van der Waals surface area contributed by atoms with Crippen LogP contribution in [0.3, 0.4) is 0 Å².